The summed E-state index contributed by atoms with van der Waals surface area (Å²) in [4.78, 5) is 25.0. The molecule has 58 heavy (non-hydrogen) atoms. The van der Waals surface area contributed by atoms with Gasteiger partial charge in [0.25, 0.3) is 0 Å². The van der Waals surface area contributed by atoms with E-state index >= 15 is 0 Å². The molecule has 0 aliphatic rings. The molecule has 0 amide bonds. The highest BCUT2D eigenvalue weighted by Gasteiger charge is 2.20. The first-order chi connectivity index (χ1) is 27.7. The fourth-order valence-electron chi connectivity index (χ4n) is 5.83. The van der Waals surface area contributed by atoms with Crippen LogP contribution in [-0.4, -0.2) is 44.2 Å². The molecule has 4 rings (SSSR count). The van der Waals surface area contributed by atoms with Crippen LogP contribution in [-0.2, 0) is 25.7 Å². The highest BCUT2D eigenvalue weighted by atomic mass is 16.5. The van der Waals surface area contributed by atoms with Gasteiger partial charge in [0.05, 0.1) is 23.3 Å². The van der Waals surface area contributed by atoms with E-state index in [-0.39, 0.29) is 46.8 Å². The molecule has 304 valence electrons. The highest BCUT2D eigenvalue weighted by Crippen LogP contribution is 2.39. The lowest BCUT2D eigenvalue weighted by Gasteiger charge is -2.19. The number of hydrogen-bond acceptors (Lipinski definition) is 8. The molecule has 0 aliphatic carbocycles. The zero-order chi connectivity index (χ0) is 42.8. The smallest absolute Gasteiger partial charge is 0.185 e. The molecule has 0 saturated carbocycles. The molecule has 0 fully saturated rings. The Balaban J connectivity index is 0.000000311. The fourth-order valence-corrected chi connectivity index (χ4v) is 5.83. The molecule has 0 radical (unpaired) electrons. The molecule has 0 unspecified atom stereocenters. The van der Waals surface area contributed by atoms with Crippen LogP contribution in [0.2, 0.25) is 0 Å². The lowest BCUT2D eigenvalue weighted by atomic mass is 9.97. The Labute approximate surface area is 343 Å². The summed E-state index contributed by atoms with van der Waals surface area (Å²) < 4.78 is 12.0. The van der Waals surface area contributed by atoms with E-state index in [0.717, 1.165) is 16.7 Å². The molecule has 4 N–H and O–H groups in total. The number of carbonyl (C=O) groups is 2. The van der Waals surface area contributed by atoms with E-state index in [4.69, 9.17) is 9.47 Å². The molecular formula is C50H56O8. The van der Waals surface area contributed by atoms with Gasteiger partial charge in [-0.3, -0.25) is 9.59 Å². The van der Waals surface area contributed by atoms with Crippen molar-refractivity contribution in [2.24, 2.45) is 0 Å². The number of hydrogen-bond donors (Lipinski definition) is 4. The number of aromatic hydroxyl groups is 4. The van der Waals surface area contributed by atoms with Gasteiger partial charge in [-0.2, -0.15) is 0 Å². The quantitative estimate of drug-likeness (QED) is 0.0445. The van der Waals surface area contributed by atoms with Crippen molar-refractivity contribution in [3.8, 4) is 34.5 Å². The predicted molar refractivity (Wildman–Crippen MR) is 236 cm³/mol. The van der Waals surface area contributed by atoms with E-state index in [9.17, 15) is 30.0 Å². The first kappa shape index (κ1) is 45.8. The number of phenolic OH excluding ortho intramolecular Hbond substituents is 4. The number of ether oxygens (including phenoxy) is 2. The fraction of sp³-hybridized carbons (Fsp3) is 0.240. The van der Waals surface area contributed by atoms with Crippen LogP contribution in [0.4, 0.5) is 0 Å². The van der Waals surface area contributed by atoms with E-state index in [1.807, 2.05) is 78.0 Å². The van der Waals surface area contributed by atoms with Crippen molar-refractivity contribution in [2.45, 2.75) is 79.4 Å². The number of allylic oxidation sites excluding steroid dienone is 8. The van der Waals surface area contributed by atoms with E-state index in [0.29, 0.717) is 65.0 Å². The van der Waals surface area contributed by atoms with Gasteiger partial charge in [0.1, 0.15) is 34.5 Å². The zero-order valence-electron chi connectivity index (χ0n) is 34.4. The van der Waals surface area contributed by atoms with Gasteiger partial charge in [-0.05, 0) is 174 Å². The molecule has 0 aromatic heterocycles. The van der Waals surface area contributed by atoms with Gasteiger partial charge in [0.15, 0.2) is 11.6 Å². The Bertz CT molecular complexity index is 2150. The van der Waals surface area contributed by atoms with Gasteiger partial charge >= 0.3 is 0 Å². The topological polar surface area (TPSA) is 134 Å². The van der Waals surface area contributed by atoms with Crippen molar-refractivity contribution >= 4 is 23.7 Å². The number of ketones is 2. The summed E-state index contributed by atoms with van der Waals surface area (Å²) in [7, 11) is 0. The van der Waals surface area contributed by atoms with E-state index in [1.165, 1.54) is 36.4 Å². The zero-order valence-corrected chi connectivity index (χ0v) is 34.4. The second-order valence-electron chi connectivity index (χ2n) is 13.9. The standard InChI is InChI=1S/C26H30O4.C24H26O4/c1-5-7-9-20-17-21(10-8-6-2)26(30-18(3)4)23(25(20)29)15-16-24(28)19-11-13-22(27)14-12-19;1-5-7-18-15-19(8-6-2)24(28-16(3)4)21(23(18)27)13-14-22(26)17-9-11-20(25)12-10-17/h5-8,11-18,27,29H,9-10H2,1-4H3;5-6,9-16,25,27H,1-2,7-8H2,3-4H3/b7-5+,8-6+,16-15+;14-13+. The molecule has 0 saturated heterocycles. The maximum absolute atomic E-state index is 12.6. The van der Waals surface area contributed by atoms with Crippen molar-refractivity contribution in [2.75, 3.05) is 0 Å². The van der Waals surface area contributed by atoms with Crippen LogP contribution < -0.4 is 9.47 Å². The second-order valence-corrected chi connectivity index (χ2v) is 13.9. The van der Waals surface area contributed by atoms with Gasteiger partial charge in [0.2, 0.25) is 0 Å². The minimum Gasteiger partial charge on any atom is -0.508 e. The SMILES string of the molecule is C/C=C/Cc1cc(C/C=C/C)c(OC(C)C)c(/C=C/C(=O)c2ccc(O)cc2)c1O.C=CCc1cc(CC=C)c(OC(C)C)c(/C=C/C(=O)c2ccc(O)cc2)c1O. The summed E-state index contributed by atoms with van der Waals surface area (Å²) in [5.41, 5.74) is 5.17. The molecular weight excluding hydrogens is 729 g/mol. The molecule has 0 aliphatic heterocycles. The Morgan fingerprint density at radius 2 is 0.914 bits per heavy atom. The van der Waals surface area contributed by atoms with Gasteiger partial charge < -0.3 is 29.9 Å². The lowest BCUT2D eigenvalue weighted by molar-refractivity contribution is 0.103. The average Bonchev–Trinajstić information content (AvgIpc) is 3.19. The molecule has 8 nitrogen and oxygen atoms in total. The summed E-state index contributed by atoms with van der Waals surface area (Å²) in [5.74, 6) is 1.03. The van der Waals surface area contributed by atoms with Crippen LogP contribution in [0.5, 0.6) is 34.5 Å². The van der Waals surface area contributed by atoms with Crippen LogP contribution in [0.15, 0.2) is 122 Å². The summed E-state index contributed by atoms with van der Waals surface area (Å²) in [6, 6.07) is 15.9. The first-order valence-electron chi connectivity index (χ1n) is 19.3. The summed E-state index contributed by atoms with van der Waals surface area (Å²) in [5, 5.41) is 40.5. The maximum atomic E-state index is 12.6. The van der Waals surface area contributed by atoms with E-state index in [1.54, 1.807) is 48.6 Å². The average molecular weight is 785 g/mol. The summed E-state index contributed by atoms with van der Waals surface area (Å²) in [6.45, 7) is 19.1. The maximum Gasteiger partial charge on any atom is 0.185 e. The first-order valence-corrected chi connectivity index (χ1v) is 19.3. The minimum atomic E-state index is -0.241. The largest absolute Gasteiger partial charge is 0.508 e. The third kappa shape index (κ3) is 13.3. The van der Waals surface area contributed by atoms with Crippen LogP contribution in [0.25, 0.3) is 12.2 Å². The third-order valence-electron chi connectivity index (χ3n) is 8.58. The number of benzene rings is 4. The molecule has 4 aromatic carbocycles. The Morgan fingerprint density at radius 1 is 0.569 bits per heavy atom. The molecule has 0 heterocycles. The monoisotopic (exact) mass is 784 g/mol. The van der Waals surface area contributed by atoms with Gasteiger partial charge in [0, 0.05) is 11.1 Å². The van der Waals surface area contributed by atoms with Crippen LogP contribution in [0, 0.1) is 0 Å². The summed E-state index contributed by atoms with van der Waals surface area (Å²) >= 11 is 0. The number of phenols is 4. The Hall–Kier alpha value is -6.54. The van der Waals surface area contributed by atoms with Gasteiger partial charge in [-0.25, -0.2) is 0 Å². The summed E-state index contributed by atoms with van der Waals surface area (Å²) in [6.07, 6.45) is 19.5. The second kappa shape index (κ2) is 22.9. The highest BCUT2D eigenvalue weighted by molar-refractivity contribution is 6.08. The van der Waals surface area contributed by atoms with Crippen molar-refractivity contribution in [3.63, 3.8) is 0 Å². The van der Waals surface area contributed by atoms with Crippen molar-refractivity contribution in [3.05, 3.63) is 167 Å². The number of rotatable bonds is 18. The van der Waals surface area contributed by atoms with E-state index in [2.05, 4.69) is 13.2 Å². The normalized spacial score (nSPS) is 11.4. The van der Waals surface area contributed by atoms with Gasteiger partial charge in [-0.15, -0.1) is 13.2 Å². The third-order valence-corrected chi connectivity index (χ3v) is 8.58. The van der Waals surface area contributed by atoms with Crippen molar-refractivity contribution in [1.29, 1.82) is 0 Å². The van der Waals surface area contributed by atoms with Crippen LogP contribution >= 0.6 is 0 Å². The van der Waals surface area contributed by atoms with Crippen LogP contribution in [0.3, 0.4) is 0 Å². The molecule has 4 aromatic rings. The molecule has 0 spiro atoms. The van der Waals surface area contributed by atoms with Crippen molar-refractivity contribution < 1.29 is 39.5 Å². The van der Waals surface area contributed by atoms with Crippen LogP contribution in [0.1, 0.15) is 95.6 Å². The minimum absolute atomic E-state index is 0.0677. The lowest BCUT2D eigenvalue weighted by Crippen LogP contribution is -2.10. The molecule has 0 atom stereocenters. The number of carbonyl (C=O) groups excluding carboxylic acids is 2. The Morgan fingerprint density at radius 3 is 1.28 bits per heavy atom. The Kier molecular flexibility index (Phi) is 18.1. The molecule has 8 heteroatoms. The van der Waals surface area contributed by atoms with E-state index < -0.39 is 0 Å². The molecule has 0 bridgehead atoms. The van der Waals surface area contributed by atoms with Crippen molar-refractivity contribution in [1.82, 2.24) is 0 Å². The predicted octanol–water partition coefficient (Wildman–Crippen LogP) is 11.3. The van der Waals surface area contributed by atoms with Gasteiger partial charge in [-0.1, -0.05) is 36.5 Å².